The third-order valence-electron chi connectivity index (χ3n) is 3.70. The maximum absolute atomic E-state index is 12.7. The van der Waals surface area contributed by atoms with Crippen LogP contribution >= 0.6 is 0 Å². The molecule has 0 aliphatic heterocycles. The minimum absolute atomic E-state index is 0.0272. The van der Waals surface area contributed by atoms with Gasteiger partial charge in [0, 0.05) is 12.5 Å². The third kappa shape index (κ3) is 7.08. The summed E-state index contributed by atoms with van der Waals surface area (Å²) in [7, 11) is 0. The van der Waals surface area contributed by atoms with Crippen LogP contribution in [0.15, 0.2) is 48.5 Å². The molecule has 0 atom stereocenters. The number of alkyl halides is 3. The summed E-state index contributed by atoms with van der Waals surface area (Å²) in [6.07, 6.45) is -4.46. The number of esters is 1. The van der Waals surface area contributed by atoms with E-state index in [1.165, 1.54) is 0 Å². The number of amides is 1. The number of carbonyl (C=O) groups excluding carboxylic acids is 2. The molecule has 0 bridgehead atoms. The highest BCUT2D eigenvalue weighted by atomic mass is 19.4. The van der Waals surface area contributed by atoms with E-state index >= 15 is 0 Å². The van der Waals surface area contributed by atoms with Gasteiger partial charge in [-0.2, -0.15) is 13.2 Å². The van der Waals surface area contributed by atoms with E-state index in [2.05, 4.69) is 5.32 Å². The van der Waals surface area contributed by atoms with Crippen molar-refractivity contribution in [3.8, 4) is 5.75 Å². The quantitative estimate of drug-likeness (QED) is 0.282. The molecule has 160 valence electrons. The van der Waals surface area contributed by atoms with E-state index in [0.717, 1.165) is 6.07 Å². The van der Waals surface area contributed by atoms with Crippen LogP contribution in [0, 0.1) is 10.1 Å². The van der Waals surface area contributed by atoms with Gasteiger partial charge in [0.25, 0.3) is 11.6 Å². The number of hydrogen-bond acceptors (Lipinski definition) is 6. The molecule has 0 saturated carbocycles. The van der Waals surface area contributed by atoms with Gasteiger partial charge < -0.3 is 14.8 Å². The fraction of sp³-hybridized carbons (Fsp3) is 0.263. The van der Waals surface area contributed by atoms with E-state index in [1.54, 1.807) is 24.3 Å². The highest BCUT2D eigenvalue weighted by Crippen LogP contribution is 2.34. The number of hydrogen-bond donors (Lipinski definition) is 1. The summed E-state index contributed by atoms with van der Waals surface area (Å²) >= 11 is 0. The number of halogens is 3. The molecule has 0 saturated heterocycles. The molecule has 11 heteroatoms. The second-order valence-corrected chi connectivity index (χ2v) is 5.96. The minimum Gasteiger partial charge on any atom is -0.494 e. The van der Waals surface area contributed by atoms with Crippen LogP contribution in [0.25, 0.3) is 0 Å². The molecule has 2 aromatic carbocycles. The average molecular weight is 426 g/mol. The largest absolute Gasteiger partial charge is 0.494 e. The van der Waals surface area contributed by atoms with Crippen molar-refractivity contribution < 1.29 is 37.2 Å². The van der Waals surface area contributed by atoms with Crippen LogP contribution in [0.5, 0.6) is 5.75 Å². The predicted octanol–water partition coefficient (Wildman–Crippen LogP) is 3.95. The standard InChI is InChI=1S/C19H17F3N2O6/c20-19(21,22)13-8-9-15(16(11-13)24(27)28)23-17(25)12-30-18(26)7-4-10-29-14-5-2-1-3-6-14/h1-3,5-6,8-9,11H,4,7,10,12H2,(H,23,25). The van der Waals surface area contributed by atoms with Gasteiger partial charge in [0.05, 0.1) is 17.1 Å². The number of benzene rings is 2. The second-order valence-electron chi connectivity index (χ2n) is 5.96. The molecule has 8 nitrogen and oxygen atoms in total. The summed E-state index contributed by atoms with van der Waals surface area (Å²) in [5, 5.41) is 13.1. The van der Waals surface area contributed by atoms with Crippen LogP contribution in [0.3, 0.4) is 0 Å². The van der Waals surface area contributed by atoms with Crippen molar-refractivity contribution in [1.82, 2.24) is 0 Å². The topological polar surface area (TPSA) is 108 Å². The van der Waals surface area contributed by atoms with Gasteiger partial charge in [-0.25, -0.2) is 0 Å². The molecule has 0 aliphatic carbocycles. The van der Waals surface area contributed by atoms with Gasteiger partial charge in [-0.1, -0.05) is 18.2 Å². The molecule has 2 aromatic rings. The predicted molar refractivity (Wildman–Crippen MR) is 98.9 cm³/mol. The Morgan fingerprint density at radius 3 is 2.43 bits per heavy atom. The number of carbonyl (C=O) groups is 2. The molecule has 0 aromatic heterocycles. The minimum atomic E-state index is -4.77. The lowest BCUT2D eigenvalue weighted by atomic mass is 10.1. The van der Waals surface area contributed by atoms with E-state index < -0.39 is 46.5 Å². The lowest BCUT2D eigenvalue weighted by molar-refractivity contribution is -0.384. The number of para-hydroxylation sites is 1. The van der Waals surface area contributed by atoms with Crippen molar-refractivity contribution in [3.05, 3.63) is 64.2 Å². The molecule has 1 N–H and O–H groups in total. The number of nitrogens with zero attached hydrogens (tertiary/aromatic N) is 1. The zero-order valence-electron chi connectivity index (χ0n) is 15.5. The Bertz CT molecular complexity index is 903. The van der Waals surface area contributed by atoms with Gasteiger partial charge in [-0.05, 0) is 30.7 Å². The Morgan fingerprint density at radius 1 is 1.10 bits per heavy atom. The Morgan fingerprint density at radius 2 is 1.80 bits per heavy atom. The van der Waals surface area contributed by atoms with E-state index in [9.17, 15) is 32.9 Å². The summed E-state index contributed by atoms with van der Waals surface area (Å²) in [6, 6.07) is 10.6. The Hall–Kier alpha value is -3.63. The summed E-state index contributed by atoms with van der Waals surface area (Å²) in [5.41, 5.74) is -2.59. The van der Waals surface area contributed by atoms with Crippen LogP contribution in [-0.2, 0) is 20.5 Å². The van der Waals surface area contributed by atoms with Crippen molar-refractivity contribution in [1.29, 1.82) is 0 Å². The van der Waals surface area contributed by atoms with Gasteiger partial charge in [-0.15, -0.1) is 0 Å². The lowest BCUT2D eigenvalue weighted by Crippen LogP contribution is -2.21. The average Bonchev–Trinajstić information content (AvgIpc) is 2.69. The molecule has 30 heavy (non-hydrogen) atoms. The first-order valence-corrected chi connectivity index (χ1v) is 8.66. The van der Waals surface area contributed by atoms with Crippen molar-refractivity contribution in [2.75, 3.05) is 18.5 Å². The monoisotopic (exact) mass is 426 g/mol. The number of nitro benzene ring substituents is 1. The van der Waals surface area contributed by atoms with Crippen molar-refractivity contribution in [2.24, 2.45) is 0 Å². The number of anilines is 1. The lowest BCUT2D eigenvalue weighted by Gasteiger charge is -2.10. The molecular weight excluding hydrogens is 409 g/mol. The maximum atomic E-state index is 12.7. The Labute approximate surface area is 168 Å². The number of nitrogens with one attached hydrogen (secondary N) is 1. The third-order valence-corrected chi connectivity index (χ3v) is 3.70. The highest BCUT2D eigenvalue weighted by Gasteiger charge is 2.33. The Balaban J connectivity index is 1.79. The van der Waals surface area contributed by atoms with Crippen molar-refractivity contribution in [2.45, 2.75) is 19.0 Å². The van der Waals surface area contributed by atoms with Crippen LogP contribution in [-0.4, -0.2) is 30.0 Å². The first-order chi connectivity index (χ1) is 14.2. The van der Waals surface area contributed by atoms with Crippen LogP contribution < -0.4 is 10.1 Å². The highest BCUT2D eigenvalue weighted by molar-refractivity contribution is 5.94. The van der Waals surface area contributed by atoms with E-state index in [0.29, 0.717) is 24.3 Å². The van der Waals surface area contributed by atoms with Gasteiger partial charge in [0.1, 0.15) is 11.4 Å². The van der Waals surface area contributed by atoms with Gasteiger partial charge >= 0.3 is 12.1 Å². The van der Waals surface area contributed by atoms with Crippen molar-refractivity contribution in [3.63, 3.8) is 0 Å². The number of rotatable bonds is 9. The van der Waals surface area contributed by atoms with Crippen LogP contribution in [0.1, 0.15) is 18.4 Å². The molecule has 2 rings (SSSR count). The van der Waals surface area contributed by atoms with E-state index in [4.69, 9.17) is 9.47 Å². The van der Waals surface area contributed by atoms with Gasteiger partial charge in [0.15, 0.2) is 6.61 Å². The second kappa shape index (κ2) is 10.2. The van der Waals surface area contributed by atoms with Crippen molar-refractivity contribution >= 4 is 23.3 Å². The molecule has 0 fully saturated rings. The summed E-state index contributed by atoms with van der Waals surface area (Å²) < 4.78 is 48.2. The molecule has 0 unspecified atom stereocenters. The van der Waals surface area contributed by atoms with E-state index in [1.807, 2.05) is 6.07 Å². The summed E-state index contributed by atoms with van der Waals surface area (Å²) in [5.74, 6) is -0.973. The summed E-state index contributed by atoms with van der Waals surface area (Å²) in [4.78, 5) is 33.4. The molecule has 0 radical (unpaired) electrons. The molecule has 1 amide bonds. The normalized spacial score (nSPS) is 10.9. The number of ether oxygens (including phenoxy) is 2. The Kier molecular flexibility index (Phi) is 7.73. The fourth-order valence-electron chi connectivity index (χ4n) is 2.29. The maximum Gasteiger partial charge on any atom is 0.416 e. The van der Waals surface area contributed by atoms with Crippen LogP contribution in [0.4, 0.5) is 24.5 Å². The zero-order valence-corrected chi connectivity index (χ0v) is 15.5. The smallest absolute Gasteiger partial charge is 0.416 e. The molecule has 0 aliphatic rings. The van der Waals surface area contributed by atoms with Gasteiger partial charge in [-0.3, -0.25) is 19.7 Å². The summed E-state index contributed by atoms with van der Waals surface area (Å²) in [6.45, 7) is -0.486. The van der Waals surface area contributed by atoms with E-state index in [-0.39, 0.29) is 13.0 Å². The van der Waals surface area contributed by atoms with Gasteiger partial charge in [0.2, 0.25) is 0 Å². The SMILES string of the molecule is O=C(COC(=O)CCCOc1ccccc1)Nc1ccc(C(F)(F)F)cc1[N+](=O)[O-]. The molecule has 0 heterocycles. The van der Waals surface area contributed by atoms with Crippen LogP contribution in [0.2, 0.25) is 0 Å². The molecular formula is C19H17F3N2O6. The first-order valence-electron chi connectivity index (χ1n) is 8.66. The fourth-order valence-corrected chi connectivity index (χ4v) is 2.29. The zero-order chi connectivity index (χ0) is 22.1. The molecule has 0 spiro atoms. The first kappa shape index (κ1) is 22.7. The number of nitro groups is 1.